The van der Waals surface area contributed by atoms with Crippen molar-refractivity contribution in [1.82, 2.24) is 0 Å². The number of carbonyl (C=O) groups is 2. The first-order valence-corrected chi connectivity index (χ1v) is 31.7. The Labute approximate surface area is 469 Å². The van der Waals surface area contributed by atoms with E-state index in [2.05, 4.69) is 39.8 Å². The van der Waals surface area contributed by atoms with Gasteiger partial charge in [0.15, 0.2) is 18.9 Å². The van der Waals surface area contributed by atoms with Crippen LogP contribution in [0.4, 0.5) is 0 Å². The number of aliphatic hydroxyl groups excluding tert-OH is 4. The van der Waals surface area contributed by atoms with Gasteiger partial charge < -0.3 is 63.4 Å². The fourth-order valence-corrected chi connectivity index (χ4v) is 21.2. The number of rotatable bonds is 8. The molecule has 5 N–H and O–H groups in total. The number of carbonyl (C=O) groups excluding carboxylic acids is 2. The smallest absolute Gasteiger partial charge is 0.331 e. The third-order valence-electron chi connectivity index (χ3n) is 25.5. The highest BCUT2D eigenvalue weighted by atomic mass is 16.7. The number of allylic oxidation sites excluding steroid dienone is 2. The highest BCUT2D eigenvalue weighted by Crippen LogP contribution is 2.71. The number of hydrogen-bond acceptors (Lipinski definition) is 15. The summed E-state index contributed by atoms with van der Waals surface area (Å²) in [5, 5.41) is 55.0. The summed E-state index contributed by atoms with van der Waals surface area (Å²) < 4.78 is 47.6. The summed E-state index contributed by atoms with van der Waals surface area (Å²) in [5.74, 6) is 6.05. The Bertz CT molecular complexity index is 2260. The van der Waals surface area contributed by atoms with Crippen LogP contribution >= 0.6 is 0 Å². The van der Waals surface area contributed by atoms with Crippen molar-refractivity contribution in [3.63, 3.8) is 0 Å². The number of hydrogen-bond donors (Lipinski definition) is 5. The van der Waals surface area contributed by atoms with Crippen LogP contribution in [0.1, 0.15) is 183 Å². The lowest BCUT2D eigenvalue weighted by molar-refractivity contribution is -0.336. The van der Waals surface area contributed by atoms with Gasteiger partial charge in [-0.2, -0.15) is 0 Å². The molecule has 5 aliphatic heterocycles. The maximum Gasteiger partial charge on any atom is 0.331 e. The van der Waals surface area contributed by atoms with Crippen molar-refractivity contribution in [2.24, 2.45) is 80.8 Å². The van der Waals surface area contributed by atoms with Gasteiger partial charge >= 0.3 is 11.9 Å². The van der Waals surface area contributed by atoms with Crippen LogP contribution in [0, 0.1) is 80.8 Å². The molecule has 8 aliphatic carbocycles. The Balaban J connectivity index is 0.000000206. The molecule has 15 heteroatoms. The molecule has 5 heterocycles. The number of cyclic esters (lactones) is 2. The van der Waals surface area contributed by atoms with Crippen molar-refractivity contribution < 1.29 is 73.0 Å². The molecule has 11 fully saturated rings. The topological polar surface area (TPSA) is 209 Å². The summed E-state index contributed by atoms with van der Waals surface area (Å²) in [6, 6.07) is 0. The number of esters is 2. The molecule has 13 aliphatic rings. The van der Waals surface area contributed by atoms with Gasteiger partial charge in [-0.1, -0.05) is 39.8 Å². The van der Waals surface area contributed by atoms with Gasteiger partial charge in [0.05, 0.1) is 61.4 Å². The predicted octanol–water partition coefficient (Wildman–Crippen LogP) is 8.62. The average Bonchev–Trinajstić information content (AvgIpc) is 4.38. The first-order valence-electron chi connectivity index (χ1n) is 31.7. The van der Waals surface area contributed by atoms with E-state index in [4.69, 9.17) is 37.9 Å². The first kappa shape index (κ1) is 57.4. The van der Waals surface area contributed by atoms with E-state index in [1.807, 2.05) is 6.92 Å². The van der Waals surface area contributed by atoms with E-state index in [-0.39, 0.29) is 60.0 Å². The van der Waals surface area contributed by atoms with Crippen molar-refractivity contribution in [1.29, 1.82) is 0 Å². The molecule has 444 valence electrons. The van der Waals surface area contributed by atoms with Crippen molar-refractivity contribution >= 4 is 11.9 Å². The lowest BCUT2D eigenvalue weighted by Crippen LogP contribution is -2.62. The zero-order valence-electron chi connectivity index (χ0n) is 48.6. The summed E-state index contributed by atoms with van der Waals surface area (Å²) in [7, 11) is 0. The molecule has 0 spiro atoms. The van der Waals surface area contributed by atoms with E-state index in [1.165, 1.54) is 51.4 Å². The van der Waals surface area contributed by atoms with Gasteiger partial charge in [-0.15, -0.1) is 0 Å². The third kappa shape index (κ3) is 9.99. The fourth-order valence-electron chi connectivity index (χ4n) is 21.2. The van der Waals surface area contributed by atoms with Gasteiger partial charge in [-0.05, 0) is 205 Å². The SMILES string of the molecule is C[C@H]1O[C@@H](O[C@H]2[C@@H](O)C[C@H](O[C@H]3[C@@H](O)C[C@H](O[C@H]4CC[C@@]5(C)[C@H](CC[C@@H]6[C@@H]5CC[C@]5(C)[C@@H](C7=CC(=O)OC7)CC[C@]65O)C4)O[C@@H]3C)O[C@@H]2C)C[C@H](O)[C@@H]1O.C[C@]12CC[C@H]3[C@@H](CCC4CCC=C[C@@]43C)[C@H]1CC[C@@H]2[C@@H]1COC(=O)C1. The largest absolute Gasteiger partial charge is 0.465 e. The van der Waals surface area contributed by atoms with Gasteiger partial charge in [0, 0.05) is 36.7 Å². The van der Waals surface area contributed by atoms with Crippen LogP contribution in [-0.4, -0.2) is 136 Å². The third-order valence-corrected chi connectivity index (χ3v) is 25.5. The summed E-state index contributed by atoms with van der Waals surface area (Å²) in [5.41, 5.74) is 1.14. The Kier molecular flexibility index (Phi) is 15.8. The van der Waals surface area contributed by atoms with E-state index in [0.717, 1.165) is 93.0 Å². The Morgan fingerprint density at radius 2 is 1.22 bits per heavy atom. The van der Waals surface area contributed by atoms with E-state index in [0.29, 0.717) is 48.2 Å². The van der Waals surface area contributed by atoms with Crippen LogP contribution in [-0.2, 0) is 47.5 Å². The molecule has 0 radical (unpaired) electrons. The van der Waals surface area contributed by atoms with Crippen LogP contribution in [0.5, 0.6) is 0 Å². The van der Waals surface area contributed by atoms with Crippen LogP contribution in [0.25, 0.3) is 0 Å². The summed E-state index contributed by atoms with van der Waals surface area (Å²) in [4.78, 5) is 23.6. The van der Waals surface area contributed by atoms with E-state index >= 15 is 0 Å². The van der Waals surface area contributed by atoms with Gasteiger partial charge in [-0.25, -0.2) is 4.79 Å². The van der Waals surface area contributed by atoms with E-state index in [1.54, 1.807) is 19.9 Å². The number of fused-ring (bicyclic) bond motifs is 10. The molecule has 1 unspecified atom stereocenters. The van der Waals surface area contributed by atoms with Gasteiger partial charge in [0.25, 0.3) is 0 Å². The highest BCUT2D eigenvalue weighted by Gasteiger charge is 2.68. The van der Waals surface area contributed by atoms with Crippen LogP contribution in [0.3, 0.4) is 0 Å². The van der Waals surface area contributed by atoms with Crippen molar-refractivity contribution in [3.05, 3.63) is 23.8 Å². The normalized spacial score (nSPS) is 54.8. The highest BCUT2D eigenvalue weighted by molar-refractivity contribution is 5.85. The van der Waals surface area contributed by atoms with Crippen LogP contribution < -0.4 is 0 Å². The quantitative estimate of drug-likeness (QED) is 0.0876. The second kappa shape index (κ2) is 21.8. The maximum atomic E-state index is 12.6. The molecule has 0 bridgehead atoms. The standard InChI is InChI=1S/C41H64O13.C23H34O2/c1-20-36(46)29(42)16-34(49-20)53-38-22(3)51-35(18-31(38)44)54-37-21(2)50-33(17-30(37)43)52-25-8-11-39(4)24(15-25)6-7-28-27(39)9-12-40(5)26(10-13-41(28,40)47)23-14-32(45)48-19-23;1-22-11-4-3-5-16(22)6-7-17-19-9-8-18(15-13-21(24)25-14-15)23(19,2)12-10-20(17)22/h14,20-22,24-31,33-38,42-44,46-47H,6-13,15-19H2,1-5H3;4,11,15-20H,3,5-10,12-14H2,1-2H3/t20-,21-,22-,24-,25+,26-,27+,28-,29+,30+,31+,33+,34+,35+,36-,37-,38-,39+,40-,41+;15-,16?,17-,18+,19+,20-,22-,23+/m10/s1. The molecular formula is C64H98O15. The Morgan fingerprint density at radius 3 is 1.87 bits per heavy atom. The Hall–Kier alpha value is -2.02. The number of aliphatic hydroxyl groups is 5. The first-order chi connectivity index (χ1) is 37.6. The van der Waals surface area contributed by atoms with Crippen LogP contribution in [0.15, 0.2) is 23.8 Å². The summed E-state index contributed by atoms with van der Waals surface area (Å²) >= 11 is 0. The molecule has 0 aromatic rings. The lowest BCUT2D eigenvalue weighted by Gasteiger charge is -2.64. The zero-order valence-corrected chi connectivity index (χ0v) is 48.6. The van der Waals surface area contributed by atoms with Crippen LogP contribution in [0.2, 0.25) is 0 Å². The second-order valence-corrected chi connectivity index (χ2v) is 29.1. The zero-order chi connectivity index (χ0) is 55.6. The minimum Gasteiger partial charge on any atom is -0.465 e. The summed E-state index contributed by atoms with van der Waals surface area (Å²) in [6.07, 6.45) is 18.8. The molecule has 79 heavy (non-hydrogen) atoms. The predicted molar refractivity (Wildman–Crippen MR) is 290 cm³/mol. The molecule has 13 rings (SSSR count). The summed E-state index contributed by atoms with van der Waals surface area (Å²) in [6.45, 7) is 16.3. The monoisotopic (exact) mass is 1110 g/mol. The molecule has 4 saturated heterocycles. The molecule has 0 amide bonds. The minimum atomic E-state index is -0.996. The number of ether oxygens (including phenoxy) is 8. The molecule has 15 nitrogen and oxygen atoms in total. The van der Waals surface area contributed by atoms with Gasteiger partial charge in [0.2, 0.25) is 0 Å². The van der Waals surface area contributed by atoms with Crippen molar-refractivity contribution in [3.8, 4) is 0 Å². The molecule has 0 aromatic carbocycles. The second-order valence-electron chi connectivity index (χ2n) is 29.1. The minimum absolute atomic E-state index is 0.0243. The lowest BCUT2D eigenvalue weighted by atomic mass is 9.43. The average molecular weight is 1110 g/mol. The molecular weight excluding hydrogens is 1010 g/mol. The van der Waals surface area contributed by atoms with E-state index < -0.39 is 79.4 Å². The molecule has 0 aromatic heterocycles. The molecule has 28 atom stereocenters. The molecule has 7 saturated carbocycles. The Morgan fingerprint density at radius 1 is 0.582 bits per heavy atom. The van der Waals surface area contributed by atoms with Gasteiger partial charge in [-0.3, -0.25) is 4.79 Å². The fraction of sp³-hybridized carbons (Fsp3) is 0.906. The van der Waals surface area contributed by atoms with E-state index in [9.17, 15) is 35.1 Å². The van der Waals surface area contributed by atoms with Crippen molar-refractivity contribution in [2.45, 2.75) is 269 Å². The maximum absolute atomic E-state index is 12.6. The van der Waals surface area contributed by atoms with Gasteiger partial charge in [0.1, 0.15) is 24.9 Å². The van der Waals surface area contributed by atoms with Crippen molar-refractivity contribution in [2.75, 3.05) is 13.2 Å².